The molecule has 107 heavy (non-hydrogen) atoms. The first-order valence-corrected chi connectivity index (χ1v) is 26.6. The Morgan fingerprint density at radius 1 is 0.121 bits per heavy atom. The maximum absolute atomic E-state index is 15.0. The monoisotopic (exact) mass is 1720 g/mol. The maximum atomic E-state index is 15.0. The summed E-state index contributed by atoms with van der Waals surface area (Å²) in [5, 5.41) is 50.6. The van der Waals surface area contributed by atoms with Crippen LogP contribution in [0.25, 0.3) is 0 Å². The minimum atomic E-state index is -7.94. The Morgan fingerprint density at radius 2 is 0.196 bits per heavy atom. The fraction of sp³-hybridized carbons (Fsp3) is 1.00. The van der Waals surface area contributed by atoms with Crippen LogP contribution in [0, 0.1) is 10.8 Å². The fourth-order valence-electron chi connectivity index (χ4n) is 7.25. The largest absolute Gasteiger partial charge is 0.390 e. The van der Waals surface area contributed by atoms with Gasteiger partial charge in [0.15, 0.2) is 0 Å². The minimum Gasteiger partial charge on any atom is -0.390 e. The fourth-order valence-corrected chi connectivity index (χ4v) is 7.25. The van der Waals surface area contributed by atoms with E-state index in [1.807, 2.05) is 0 Å². The van der Waals surface area contributed by atoms with Gasteiger partial charge in [0.2, 0.25) is 0 Å². The van der Waals surface area contributed by atoms with Crippen LogP contribution < -0.4 is 0 Å². The number of hydrogen-bond acceptors (Lipinski definition) is 13. The van der Waals surface area contributed by atoms with Crippen molar-refractivity contribution < 1.29 is 275 Å². The number of alkyl halides is 48. The topological polar surface area (TPSA) is 186 Å². The molecule has 0 saturated carbocycles. The van der Waals surface area contributed by atoms with Crippen LogP contribution in [-0.4, -0.2) is 305 Å². The maximum Gasteiger partial charge on any atom is 0.380 e. The van der Waals surface area contributed by atoms with Crippen LogP contribution in [0.5, 0.6) is 0 Å². The second-order valence-electron chi connectivity index (χ2n) is 22.7. The number of aliphatic hydroxyl groups is 6. The molecule has 0 aliphatic heterocycles. The van der Waals surface area contributed by atoms with E-state index in [4.69, 9.17) is 30.6 Å². The Bertz CT molecular complexity index is 2340. The van der Waals surface area contributed by atoms with Gasteiger partial charge in [0.1, 0.15) is 79.3 Å². The Labute approximate surface area is 560 Å². The minimum absolute atomic E-state index is 3.30. The van der Waals surface area contributed by atoms with E-state index in [0.717, 1.165) is 0 Å². The van der Waals surface area contributed by atoms with Crippen LogP contribution in [0.3, 0.4) is 0 Å². The van der Waals surface area contributed by atoms with Crippen molar-refractivity contribution in [1.29, 1.82) is 0 Å². The molecule has 0 fully saturated rings. The zero-order valence-corrected chi connectivity index (χ0v) is 50.8. The average Bonchev–Trinajstić information content (AvgIpc) is 0.776. The van der Waals surface area contributed by atoms with Gasteiger partial charge < -0.3 is 63.8 Å². The summed E-state index contributed by atoms with van der Waals surface area (Å²) in [6.07, 6.45) is 0. The highest BCUT2D eigenvalue weighted by Gasteiger charge is 2.86. The number of aliphatic hydroxyl groups excluding tert-OH is 6. The summed E-state index contributed by atoms with van der Waals surface area (Å²) >= 11 is 0. The number of halogens is 48. The first-order chi connectivity index (χ1) is 46.8. The summed E-state index contributed by atoms with van der Waals surface area (Å²) in [6.45, 7) is -73.5. The summed E-state index contributed by atoms with van der Waals surface area (Å²) in [5.74, 6) is -180. The summed E-state index contributed by atoms with van der Waals surface area (Å²) in [4.78, 5) is 0. The summed E-state index contributed by atoms with van der Waals surface area (Å²) in [7, 11) is 0. The molecule has 0 aliphatic rings. The van der Waals surface area contributed by atoms with E-state index in [1.54, 1.807) is 0 Å². The van der Waals surface area contributed by atoms with E-state index in [9.17, 15) is 158 Å². The van der Waals surface area contributed by atoms with E-state index >= 15 is 52.7 Å². The number of rotatable bonds is 52. The standard InChI is InChI=1S/C46H46F48O13/c47-23(48,1-95)35(71,72)41(83,84)29(59,60)15-102-9-21(10-103-16-30(61,62)42(85,86)36(73,74)24(49,50)2-96,11-104-17-31(63,64)43(87,88)37(75,76)25(51,52)3-97)7-101-8-22(12-105-18-32(65,66)44(89,90)38(77,78)26(53,54)4-98,13-106-19-33(67,68)45(91,92)39(79,80)27(55,56)5-99)14-107-20-34(69,70)46(93,94)40(81,82)28(57,58)6-100/h95-100H,1-20H2. The third kappa shape index (κ3) is 19.0. The lowest BCUT2D eigenvalue weighted by atomic mass is 9.90. The van der Waals surface area contributed by atoms with Crippen molar-refractivity contribution in [3.8, 4) is 0 Å². The van der Waals surface area contributed by atoms with Crippen molar-refractivity contribution in [2.24, 2.45) is 10.8 Å². The molecule has 0 radical (unpaired) electrons. The smallest absolute Gasteiger partial charge is 0.380 e. The number of ether oxygens (including phenoxy) is 7. The molecule has 0 unspecified atom stereocenters. The van der Waals surface area contributed by atoms with E-state index in [0.29, 0.717) is 0 Å². The van der Waals surface area contributed by atoms with Crippen LogP contribution in [0.15, 0.2) is 0 Å². The van der Waals surface area contributed by atoms with Crippen LogP contribution in [0.2, 0.25) is 0 Å². The van der Waals surface area contributed by atoms with E-state index in [2.05, 4.69) is 33.2 Å². The Kier molecular flexibility index (Phi) is 31.4. The van der Waals surface area contributed by atoms with Gasteiger partial charge in [-0.15, -0.1) is 0 Å². The number of hydrogen-bond donors (Lipinski definition) is 6. The molecular weight excluding hydrogens is 1670 g/mol. The molecule has 0 saturated heterocycles. The summed E-state index contributed by atoms with van der Waals surface area (Å²) < 4.78 is 719. The quantitative estimate of drug-likeness (QED) is 0.0316. The van der Waals surface area contributed by atoms with Crippen molar-refractivity contribution >= 4 is 0 Å². The Balaban J connectivity index is 9.65. The second kappa shape index (κ2) is 32.5. The highest BCUT2D eigenvalue weighted by molar-refractivity contribution is 5.09. The van der Waals surface area contributed by atoms with Crippen molar-refractivity contribution in [3.63, 3.8) is 0 Å². The van der Waals surface area contributed by atoms with Crippen LogP contribution in [-0.2, 0) is 33.2 Å². The highest BCUT2D eigenvalue weighted by Crippen LogP contribution is 2.59. The third-order valence-electron chi connectivity index (χ3n) is 14.0. The first kappa shape index (κ1) is 103. The summed E-state index contributed by atoms with van der Waals surface area (Å²) in [5.41, 5.74) is -9.61. The predicted molar refractivity (Wildman–Crippen MR) is 242 cm³/mol. The van der Waals surface area contributed by atoms with Gasteiger partial charge in [-0.2, -0.15) is 211 Å². The van der Waals surface area contributed by atoms with Gasteiger partial charge in [0.25, 0.3) is 0 Å². The molecule has 0 spiro atoms. The molecule has 61 heteroatoms. The molecule has 13 nitrogen and oxygen atoms in total. The van der Waals surface area contributed by atoms with Gasteiger partial charge in [0.05, 0.1) is 63.7 Å². The molecular formula is C46H46F48O13. The highest BCUT2D eigenvalue weighted by atomic mass is 19.4. The molecule has 0 bridgehead atoms. The van der Waals surface area contributed by atoms with E-state index in [1.165, 1.54) is 0 Å². The van der Waals surface area contributed by atoms with Crippen molar-refractivity contribution in [2.45, 2.75) is 142 Å². The molecule has 0 amide bonds. The summed E-state index contributed by atoms with van der Waals surface area (Å²) in [6, 6.07) is 0. The first-order valence-electron chi connectivity index (χ1n) is 26.6. The van der Waals surface area contributed by atoms with Gasteiger partial charge in [-0.25, -0.2) is 0 Å². The molecule has 0 aliphatic carbocycles. The zero-order chi connectivity index (χ0) is 86.1. The van der Waals surface area contributed by atoms with Gasteiger partial charge in [-0.1, -0.05) is 0 Å². The Morgan fingerprint density at radius 3 is 0.280 bits per heavy atom. The Hall–Kier alpha value is -3.88. The molecule has 0 heterocycles. The van der Waals surface area contributed by atoms with E-state index in [-0.39, 0.29) is 0 Å². The van der Waals surface area contributed by atoms with Crippen molar-refractivity contribution in [2.75, 3.05) is 132 Å². The average molecular weight is 1720 g/mol. The van der Waals surface area contributed by atoms with Crippen LogP contribution in [0.4, 0.5) is 211 Å². The van der Waals surface area contributed by atoms with E-state index < -0.39 is 285 Å². The lowest BCUT2D eigenvalue weighted by molar-refractivity contribution is -0.379. The molecule has 0 rings (SSSR count). The molecule has 6 N–H and O–H groups in total. The van der Waals surface area contributed by atoms with Gasteiger partial charge in [0, 0.05) is 0 Å². The zero-order valence-electron chi connectivity index (χ0n) is 50.8. The van der Waals surface area contributed by atoms with Crippen LogP contribution >= 0.6 is 0 Å². The van der Waals surface area contributed by atoms with Gasteiger partial charge in [-0.3, -0.25) is 0 Å². The SMILES string of the molecule is OCC(F)(F)C(F)(F)C(F)(F)C(F)(F)COCC(COCC(COCC(F)(F)C(F)(F)C(F)(F)C(F)(F)CO)(COCC(F)(F)C(F)(F)C(F)(F)C(F)(F)CO)COCC(F)(F)C(F)(F)C(F)(F)C(F)(F)CO)(COCC(F)(F)C(F)(F)C(F)(F)C(F)(F)CO)COCC(F)(F)C(F)(F)C(F)(F)C(F)(F)CO. The van der Waals surface area contributed by atoms with Gasteiger partial charge in [-0.05, 0) is 0 Å². The van der Waals surface area contributed by atoms with Crippen LogP contribution in [0.1, 0.15) is 0 Å². The molecule has 0 aromatic heterocycles. The molecule has 644 valence electrons. The third-order valence-corrected chi connectivity index (χ3v) is 14.0. The molecule has 0 atom stereocenters. The van der Waals surface area contributed by atoms with Crippen molar-refractivity contribution in [3.05, 3.63) is 0 Å². The lowest BCUT2D eigenvalue weighted by Crippen LogP contribution is -2.65. The predicted octanol–water partition coefficient (Wildman–Crippen LogP) is 12.3. The second-order valence-corrected chi connectivity index (χ2v) is 22.7. The lowest BCUT2D eigenvalue weighted by Gasteiger charge is -2.40. The van der Waals surface area contributed by atoms with Gasteiger partial charge >= 0.3 is 142 Å². The molecule has 0 aromatic rings. The van der Waals surface area contributed by atoms with Crippen molar-refractivity contribution in [1.82, 2.24) is 0 Å². The normalized spacial score (nSPS) is 16.2. The molecule has 0 aromatic carbocycles.